The molecule has 0 aliphatic rings. The molecule has 0 bridgehead atoms. The molecule has 0 aliphatic carbocycles. The highest BCUT2D eigenvalue weighted by atomic mass is 19.3. The van der Waals surface area contributed by atoms with Crippen LogP contribution in [0, 0.1) is 0 Å². The Morgan fingerprint density at radius 3 is 1.96 bits per heavy atom. The molecule has 0 N–H and O–H groups in total. The van der Waals surface area contributed by atoms with Gasteiger partial charge < -0.3 is 18.5 Å². The summed E-state index contributed by atoms with van der Waals surface area (Å²) in [5, 5.41) is 0. The number of carbonyl (C=O) groups excluding carboxylic acids is 1. The Hall–Kier alpha value is -3.09. The minimum Gasteiger partial charge on any atom is -0.467 e. The lowest BCUT2D eigenvalue weighted by atomic mass is 10.2. The zero-order valence-corrected chi connectivity index (χ0v) is 13.1. The van der Waals surface area contributed by atoms with E-state index in [-0.39, 0.29) is 24.7 Å². The number of alkyl halides is 2. The van der Waals surface area contributed by atoms with Crippen LogP contribution in [0.25, 0.3) is 0 Å². The number of hydrogen-bond donors (Lipinski definition) is 0. The second-order valence-corrected chi connectivity index (χ2v) is 5.22. The molecule has 130 valence electrons. The lowest BCUT2D eigenvalue weighted by molar-refractivity contribution is -0.0498. The van der Waals surface area contributed by atoms with Crippen LogP contribution in [-0.2, 0) is 13.1 Å². The molecule has 25 heavy (non-hydrogen) atoms. The first kappa shape index (κ1) is 16.8. The number of nitrogens with zero attached hydrogens (tertiary/aromatic N) is 1. The number of benzene rings is 1. The first-order chi connectivity index (χ1) is 12.1. The minimum atomic E-state index is -2.91. The Morgan fingerprint density at radius 1 is 0.960 bits per heavy atom. The summed E-state index contributed by atoms with van der Waals surface area (Å²) in [7, 11) is 0. The summed E-state index contributed by atoms with van der Waals surface area (Å²) in [5.41, 5.74) is 0.347. The maximum absolute atomic E-state index is 12.8. The molecule has 1 amide bonds. The molecule has 0 fully saturated rings. The van der Waals surface area contributed by atoms with Gasteiger partial charge >= 0.3 is 6.61 Å². The monoisotopic (exact) mass is 347 g/mol. The largest absolute Gasteiger partial charge is 0.467 e. The van der Waals surface area contributed by atoms with Gasteiger partial charge in [-0.3, -0.25) is 4.79 Å². The van der Waals surface area contributed by atoms with Gasteiger partial charge in [0.25, 0.3) is 5.91 Å². The molecule has 3 aromatic rings. The Bertz CT molecular complexity index is 747. The number of carbonyl (C=O) groups is 1. The van der Waals surface area contributed by atoms with Crippen LogP contribution in [-0.4, -0.2) is 17.4 Å². The van der Waals surface area contributed by atoms with E-state index in [0.29, 0.717) is 17.1 Å². The Morgan fingerprint density at radius 2 is 1.52 bits per heavy atom. The van der Waals surface area contributed by atoms with Gasteiger partial charge in [0.05, 0.1) is 25.6 Å². The second-order valence-electron chi connectivity index (χ2n) is 5.22. The van der Waals surface area contributed by atoms with Gasteiger partial charge in [-0.1, -0.05) is 0 Å². The van der Waals surface area contributed by atoms with Crippen LogP contribution in [0.2, 0.25) is 0 Å². The number of furan rings is 2. The molecule has 1 aromatic carbocycles. The molecule has 0 aliphatic heterocycles. The summed E-state index contributed by atoms with van der Waals surface area (Å²) in [6.45, 7) is -2.40. The summed E-state index contributed by atoms with van der Waals surface area (Å²) < 4.78 is 39.3. The van der Waals surface area contributed by atoms with Crippen LogP contribution in [0.3, 0.4) is 0 Å². The van der Waals surface area contributed by atoms with Gasteiger partial charge in [-0.05, 0) is 48.5 Å². The molecule has 0 atom stereocenters. The van der Waals surface area contributed by atoms with Gasteiger partial charge in [0.1, 0.15) is 17.3 Å². The Labute approximate surface area is 142 Å². The van der Waals surface area contributed by atoms with Gasteiger partial charge in [-0.15, -0.1) is 0 Å². The molecule has 0 radical (unpaired) electrons. The van der Waals surface area contributed by atoms with E-state index < -0.39 is 6.61 Å². The standard InChI is InChI=1S/C18H15F2NO4/c19-18(20)25-14-7-5-13(6-8-14)17(22)21(11-15-3-1-9-23-15)12-16-4-2-10-24-16/h1-10,18H,11-12H2. The third-order valence-corrected chi connectivity index (χ3v) is 3.47. The minimum absolute atomic E-state index is 0.00447. The Balaban J connectivity index is 1.77. The van der Waals surface area contributed by atoms with Crippen molar-refractivity contribution in [1.29, 1.82) is 0 Å². The molecule has 7 heteroatoms. The van der Waals surface area contributed by atoms with E-state index >= 15 is 0 Å². The highest BCUT2D eigenvalue weighted by molar-refractivity contribution is 5.94. The van der Waals surface area contributed by atoms with Crippen molar-refractivity contribution in [3.8, 4) is 5.75 Å². The van der Waals surface area contributed by atoms with Crippen molar-refractivity contribution in [1.82, 2.24) is 4.90 Å². The zero-order valence-electron chi connectivity index (χ0n) is 13.1. The average Bonchev–Trinajstić information content (AvgIpc) is 3.28. The lowest BCUT2D eigenvalue weighted by Crippen LogP contribution is -2.29. The highest BCUT2D eigenvalue weighted by Gasteiger charge is 2.19. The first-order valence-corrected chi connectivity index (χ1v) is 7.51. The fourth-order valence-electron chi connectivity index (χ4n) is 2.34. The van der Waals surface area contributed by atoms with Crippen LogP contribution in [0.1, 0.15) is 21.9 Å². The van der Waals surface area contributed by atoms with E-state index in [1.807, 2.05) is 0 Å². The molecule has 2 heterocycles. The van der Waals surface area contributed by atoms with E-state index in [0.717, 1.165) is 0 Å². The van der Waals surface area contributed by atoms with Crippen molar-refractivity contribution in [3.05, 3.63) is 78.1 Å². The number of halogens is 2. The van der Waals surface area contributed by atoms with E-state index in [1.54, 1.807) is 29.2 Å². The van der Waals surface area contributed by atoms with Crippen LogP contribution >= 0.6 is 0 Å². The molecule has 3 rings (SSSR count). The SMILES string of the molecule is O=C(c1ccc(OC(F)F)cc1)N(Cc1ccco1)Cc1ccco1. The zero-order chi connectivity index (χ0) is 17.6. The molecular formula is C18H15F2NO4. The van der Waals surface area contributed by atoms with E-state index in [9.17, 15) is 13.6 Å². The highest BCUT2D eigenvalue weighted by Crippen LogP contribution is 2.19. The van der Waals surface area contributed by atoms with Crippen LogP contribution < -0.4 is 4.74 Å². The number of rotatable bonds is 7. The van der Waals surface area contributed by atoms with Crippen molar-refractivity contribution < 1.29 is 27.1 Å². The summed E-state index contributed by atoms with van der Waals surface area (Å²) in [5.74, 6) is 0.960. The summed E-state index contributed by atoms with van der Waals surface area (Å²) >= 11 is 0. The average molecular weight is 347 g/mol. The lowest BCUT2D eigenvalue weighted by Gasteiger charge is -2.21. The summed E-state index contributed by atoms with van der Waals surface area (Å²) in [6, 6.07) is 12.6. The van der Waals surface area contributed by atoms with E-state index in [2.05, 4.69) is 4.74 Å². The predicted molar refractivity (Wildman–Crippen MR) is 84.1 cm³/mol. The molecular weight excluding hydrogens is 332 g/mol. The van der Waals surface area contributed by atoms with Crippen LogP contribution in [0.15, 0.2) is 69.9 Å². The summed E-state index contributed by atoms with van der Waals surface area (Å²) in [6.07, 6.45) is 3.06. The number of ether oxygens (including phenoxy) is 1. The quantitative estimate of drug-likeness (QED) is 0.639. The number of amides is 1. The van der Waals surface area contributed by atoms with Crippen molar-refractivity contribution in [2.45, 2.75) is 19.7 Å². The molecule has 0 unspecified atom stereocenters. The van der Waals surface area contributed by atoms with Crippen LogP contribution in [0.5, 0.6) is 5.75 Å². The molecule has 0 spiro atoms. The van der Waals surface area contributed by atoms with Crippen molar-refractivity contribution in [2.75, 3.05) is 0 Å². The molecule has 5 nitrogen and oxygen atoms in total. The van der Waals surface area contributed by atoms with E-state index in [1.165, 1.54) is 36.8 Å². The fraction of sp³-hybridized carbons (Fsp3) is 0.167. The van der Waals surface area contributed by atoms with E-state index in [4.69, 9.17) is 8.83 Å². The third kappa shape index (κ3) is 4.47. The van der Waals surface area contributed by atoms with Gasteiger partial charge in [-0.25, -0.2) is 0 Å². The van der Waals surface area contributed by atoms with Gasteiger partial charge in [0, 0.05) is 5.56 Å². The number of hydrogen-bond acceptors (Lipinski definition) is 4. The topological polar surface area (TPSA) is 55.8 Å². The maximum Gasteiger partial charge on any atom is 0.387 e. The normalized spacial score (nSPS) is 10.8. The second kappa shape index (κ2) is 7.65. The third-order valence-electron chi connectivity index (χ3n) is 3.47. The van der Waals surface area contributed by atoms with Gasteiger partial charge in [0.2, 0.25) is 0 Å². The van der Waals surface area contributed by atoms with Gasteiger partial charge in [-0.2, -0.15) is 8.78 Å². The molecule has 0 saturated carbocycles. The maximum atomic E-state index is 12.8. The fourth-order valence-corrected chi connectivity index (χ4v) is 2.34. The molecule has 2 aromatic heterocycles. The van der Waals surface area contributed by atoms with Crippen molar-refractivity contribution >= 4 is 5.91 Å². The molecule has 0 saturated heterocycles. The van der Waals surface area contributed by atoms with Gasteiger partial charge in [0.15, 0.2) is 0 Å². The van der Waals surface area contributed by atoms with Crippen molar-refractivity contribution in [2.24, 2.45) is 0 Å². The van der Waals surface area contributed by atoms with Crippen LogP contribution in [0.4, 0.5) is 8.78 Å². The van der Waals surface area contributed by atoms with Crippen molar-refractivity contribution in [3.63, 3.8) is 0 Å². The summed E-state index contributed by atoms with van der Waals surface area (Å²) in [4.78, 5) is 14.3. The predicted octanol–water partition coefficient (Wildman–Crippen LogP) is 4.32. The smallest absolute Gasteiger partial charge is 0.387 e. The first-order valence-electron chi connectivity index (χ1n) is 7.51. The Kier molecular flexibility index (Phi) is 5.13.